The molecule has 0 spiro atoms. The zero-order valence-electron chi connectivity index (χ0n) is 10.1. The second kappa shape index (κ2) is 7.99. The summed E-state index contributed by atoms with van der Waals surface area (Å²) in [7, 11) is 0. The largest absolute Gasteiger partial charge is 0.396 e. The van der Waals surface area contributed by atoms with Crippen molar-refractivity contribution in [2.45, 2.75) is 24.7 Å². The Hall–Kier alpha value is -1.18. The van der Waals surface area contributed by atoms with E-state index in [0.717, 1.165) is 41.3 Å². The number of nitrogens with one attached hydrogen (secondary N) is 1. The number of hydrogen-bond acceptors (Lipinski definition) is 4. The van der Waals surface area contributed by atoms with Crippen molar-refractivity contribution in [2.24, 2.45) is 0 Å². The molecule has 0 aliphatic rings. The van der Waals surface area contributed by atoms with E-state index in [0.29, 0.717) is 0 Å². The maximum absolute atomic E-state index is 9.19. The molecule has 1 aromatic carbocycles. The summed E-state index contributed by atoms with van der Waals surface area (Å²) < 4.78 is 0. The van der Waals surface area contributed by atoms with Crippen molar-refractivity contribution >= 4 is 17.4 Å². The van der Waals surface area contributed by atoms with Gasteiger partial charge in [-0.15, -0.1) is 11.8 Å². The number of aliphatic hydroxyl groups is 1. The number of nitrogens with zero attached hydrogens (tertiary/aromatic N) is 1. The molecule has 0 atom stereocenters. The molecule has 0 aliphatic heterocycles. The Labute approximate surface area is 107 Å². The molecule has 0 saturated heterocycles. The molecule has 0 unspecified atom stereocenters. The van der Waals surface area contributed by atoms with Gasteiger partial charge in [0, 0.05) is 18.0 Å². The van der Waals surface area contributed by atoms with Crippen LogP contribution in [0.5, 0.6) is 0 Å². The summed E-state index contributed by atoms with van der Waals surface area (Å²) in [6.45, 7) is 3.08. The molecule has 1 aromatic rings. The standard InChI is InChI=1S/C13H18N2OS/c1-2-17-13-7-5-6-12(11(13)10-14)15-8-3-4-9-16/h5-7,15-16H,2-4,8-9H2,1H3. The normalized spacial score (nSPS) is 9.94. The van der Waals surface area contributed by atoms with Crippen LogP contribution in [0.15, 0.2) is 23.1 Å². The van der Waals surface area contributed by atoms with Crippen molar-refractivity contribution in [3.63, 3.8) is 0 Å². The lowest BCUT2D eigenvalue weighted by molar-refractivity contribution is 0.286. The third kappa shape index (κ3) is 4.29. The number of thioether (sulfide) groups is 1. The van der Waals surface area contributed by atoms with E-state index in [9.17, 15) is 5.26 Å². The summed E-state index contributed by atoms with van der Waals surface area (Å²) in [5, 5.41) is 21.1. The Bertz CT molecular complexity index is 387. The molecule has 0 aliphatic carbocycles. The van der Waals surface area contributed by atoms with Gasteiger partial charge in [-0.25, -0.2) is 0 Å². The Morgan fingerprint density at radius 3 is 2.88 bits per heavy atom. The Morgan fingerprint density at radius 2 is 2.24 bits per heavy atom. The second-order valence-electron chi connectivity index (χ2n) is 3.58. The van der Waals surface area contributed by atoms with Crippen molar-refractivity contribution in [3.8, 4) is 6.07 Å². The van der Waals surface area contributed by atoms with Gasteiger partial charge in [-0.05, 0) is 30.7 Å². The van der Waals surface area contributed by atoms with E-state index < -0.39 is 0 Å². The number of unbranched alkanes of at least 4 members (excludes halogenated alkanes) is 1. The van der Waals surface area contributed by atoms with E-state index in [1.807, 2.05) is 18.2 Å². The quantitative estimate of drug-likeness (QED) is 0.577. The number of benzene rings is 1. The van der Waals surface area contributed by atoms with Gasteiger partial charge in [-0.1, -0.05) is 13.0 Å². The summed E-state index contributed by atoms with van der Waals surface area (Å²) in [6, 6.07) is 8.13. The van der Waals surface area contributed by atoms with Gasteiger partial charge in [-0.3, -0.25) is 0 Å². The predicted octanol–water partition coefficient (Wildman–Crippen LogP) is 2.85. The first kappa shape index (κ1) is 13.9. The monoisotopic (exact) mass is 250 g/mol. The Balaban J connectivity index is 2.70. The molecule has 0 radical (unpaired) electrons. The molecule has 0 saturated carbocycles. The summed E-state index contributed by atoms with van der Waals surface area (Å²) in [5.41, 5.74) is 1.62. The van der Waals surface area contributed by atoms with Crippen LogP contribution in [0.1, 0.15) is 25.3 Å². The molecule has 0 bridgehead atoms. The molecule has 0 fully saturated rings. The van der Waals surface area contributed by atoms with E-state index in [-0.39, 0.29) is 6.61 Å². The van der Waals surface area contributed by atoms with Crippen molar-refractivity contribution < 1.29 is 5.11 Å². The first-order valence-electron chi connectivity index (χ1n) is 5.84. The van der Waals surface area contributed by atoms with E-state index in [4.69, 9.17) is 5.11 Å². The van der Waals surface area contributed by atoms with Crippen molar-refractivity contribution in [2.75, 3.05) is 24.2 Å². The van der Waals surface area contributed by atoms with Gasteiger partial charge in [0.15, 0.2) is 0 Å². The average molecular weight is 250 g/mol. The summed E-state index contributed by atoms with van der Waals surface area (Å²) in [6.07, 6.45) is 1.70. The van der Waals surface area contributed by atoms with Crippen LogP contribution >= 0.6 is 11.8 Å². The smallest absolute Gasteiger partial charge is 0.102 e. The van der Waals surface area contributed by atoms with E-state index in [1.54, 1.807) is 11.8 Å². The molecule has 0 amide bonds. The molecule has 0 heterocycles. The fourth-order valence-corrected chi connectivity index (χ4v) is 2.32. The minimum absolute atomic E-state index is 0.221. The van der Waals surface area contributed by atoms with Crippen LogP contribution in [-0.4, -0.2) is 24.0 Å². The number of hydrogen-bond donors (Lipinski definition) is 2. The van der Waals surface area contributed by atoms with Gasteiger partial charge >= 0.3 is 0 Å². The first-order chi connectivity index (χ1) is 8.33. The summed E-state index contributed by atoms with van der Waals surface area (Å²) in [4.78, 5) is 1.03. The molecule has 0 aromatic heterocycles. The zero-order chi connectivity index (χ0) is 12.5. The Morgan fingerprint density at radius 1 is 1.41 bits per heavy atom. The van der Waals surface area contributed by atoms with Crippen LogP contribution in [0.4, 0.5) is 5.69 Å². The third-order valence-corrected chi connectivity index (χ3v) is 3.28. The molecule has 4 heteroatoms. The van der Waals surface area contributed by atoms with Crippen LogP contribution in [0.2, 0.25) is 0 Å². The SMILES string of the molecule is CCSc1cccc(NCCCCO)c1C#N. The second-order valence-corrected chi connectivity index (χ2v) is 4.89. The fourth-order valence-electron chi connectivity index (χ4n) is 1.53. The lowest BCUT2D eigenvalue weighted by atomic mass is 10.2. The average Bonchev–Trinajstić information content (AvgIpc) is 2.35. The highest BCUT2D eigenvalue weighted by Gasteiger charge is 2.07. The minimum atomic E-state index is 0.221. The molecular weight excluding hydrogens is 232 g/mol. The molecule has 3 nitrogen and oxygen atoms in total. The number of aliphatic hydroxyl groups excluding tert-OH is 1. The highest BCUT2D eigenvalue weighted by molar-refractivity contribution is 7.99. The van der Waals surface area contributed by atoms with Crippen molar-refractivity contribution in [3.05, 3.63) is 23.8 Å². The zero-order valence-corrected chi connectivity index (χ0v) is 10.9. The van der Waals surface area contributed by atoms with Gasteiger partial charge in [0.1, 0.15) is 6.07 Å². The van der Waals surface area contributed by atoms with E-state index in [2.05, 4.69) is 18.3 Å². The maximum atomic E-state index is 9.19. The summed E-state index contributed by atoms with van der Waals surface area (Å²) >= 11 is 1.68. The number of rotatable bonds is 7. The highest BCUT2D eigenvalue weighted by atomic mass is 32.2. The summed E-state index contributed by atoms with van der Waals surface area (Å²) in [5.74, 6) is 0.961. The predicted molar refractivity (Wildman–Crippen MR) is 72.4 cm³/mol. The molecule has 1 rings (SSSR count). The third-order valence-electron chi connectivity index (χ3n) is 2.34. The number of nitriles is 1. The van der Waals surface area contributed by atoms with Gasteiger partial charge in [0.25, 0.3) is 0 Å². The molecule has 2 N–H and O–H groups in total. The lowest BCUT2D eigenvalue weighted by Crippen LogP contribution is -2.04. The van der Waals surface area contributed by atoms with Gasteiger partial charge in [0.2, 0.25) is 0 Å². The molecule has 17 heavy (non-hydrogen) atoms. The van der Waals surface area contributed by atoms with Crippen LogP contribution in [0.25, 0.3) is 0 Å². The highest BCUT2D eigenvalue weighted by Crippen LogP contribution is 2.27. The molecule has 92 valence electrons. The van der Waals surface area contributed by atoms with Crippen LogP contribution < -0.4 is 5.32 Å². The number of anilines is 1. The lowest BCUT2D eigenvalue weighted by Gasteiger charge is -2.10. The van der Waals surface area contributed by atoms with Gasteiger partial charge in [0.05, 0.1) is 11.3 Å². The van der Waals surface area contributed by atoms with Gasteiger partial charge in [-0.2, -0.15) is 5.26 Å². The van der Waals surface area contributed by atoms with Crippen LogP contribution in [0.3, 0.4) is 0 Å². The fraction of sp³-hybridized carbons (Fsp3) is 0.462. The topological polar surface area (TPSA) is 56.0 Å². The molecular formula is C13H18N2OS. The minimum Gasteiger partial charge on any atom is -0.396 e. The van der Waals surface area contributed by atoms with Crippen molar-refractivity contribution in [1.29, 1.82) is 5.26 Å². The Kier molecular flexibility index (Phi) is 6.53. The van der Waals surface area contributed by atoms with E-state index in [1.165, 1.54) is 0 Å². The van der Waals surface area contributed by atoms with E-state index >= 15 is 0 Å². The maximum Gasteiger partial charge on any atom is 0.102 e. The van der Waals surface area contributed by atoms with Crippen LogP contribution in [-0.2, 0) is 0 Å². The van der Waals surface area contributed by atoms with Crippen LogP contribution in [0, 0.1) is 11.3 Å². The van der Waals surface area contributed by atoms with Crippen molar-refractivity contribution in [1.82, 2.24) is 0 Å². The first-order valence-corrected chi connectivity index (χ1v) is 6.82. The van der Waals surface area contributed by atoms with Gasteiger partial charge < -0.3 is 10.4 Å².